The van der Waals surface area contributed by atoms with Gasteiger partial charge in [-0.2, -0.15) is 0 Å². The molecule has 0 unspecified atom stereocenters. The lowest BCUT2D eigenvalue weighted by atomic mass is 10.2. The Hall–Kier alpha value is -2.14. The van der Waals surface area contributed by atoms with Crippen molar-refractivity contribution in [2.24, 2.45) is 0 Å². The van der Waals surface area contributed by atoms with Gasteiger partial charge in [0.2, 0.25) is 0 Å². The van der Waals surface area contributed by atoms with Crippen molar-refractivity contribution in [2.75, 3.05) is 15.8 Å². The van der Waals surface area contributed by atoms with Crippen LogP contribution in [0.25, 0.3) is 0 Å². The van der Waals surface area contributed by atoms with Crippen LogP contribution in [0, 0.1) is 0 Å². The number of aromatic carboxylic acids is 1. The fourth-order valence-corrected chi connectivity index (χ4v) is 7.11. The summed E-state index contributed by atoms with van der Waals surface area (Å²) in [5.41, 5.74) is -0.170. The van der Waals surface area contributed by atoms with Crippen molar-refractivity contribution in [1.82, 2.24) is 0 Å². The minimum Gasteiger partial charge on any atom is -0.478 e. The number of halogens is 1. The molecule has 1 heterocycles. The van der Waals surface area contributed by atoms with E-state index < -0.39 is 54.4 Å². The predicted molar refractivity (Wildman–Crippen MR) is 103 cm³/mol. The second-order valence-electron chi connectivity index (χ2n) is 6.30. The van der Waals surface area contributed by atoms with E-state index in [1.165, 1.54) is 12.1 Å². The van der Waals surface area contributed by atoms with E-state index in [2.05, 4.69) is 0 Å². The lowest BCUT2D eigenvalue weighted by molar-refractivity contribution is 0.0696. The molecular formula is C17H16ClNO7S2. The number of carbonyl (C=O) groups is 1. The SMILES string of the molecule is O=C(O)c1ccc(Cl)c(S(=O)(=O)N(c2ccccc2)[C@H]2CS(=O)(=O)C[C@H]2O)c1. The summed E-state index contributed by atoms with van der Waals surface area (Å²) < 4.78 is 51.6. The molecule has 2 N–H and O–H groups in total. The van der Waals surface area contributed by atoms with Gasteiger partial charge in [-0.3, -0.25) is 4.31 Å². The molecule has 1 aliphatic rings. The largest absolute Gasteiger partial charge is 0.478 e. The summed E-state index contributed by atoms with van der Waals surface area (Å²) in [6.45, 7) is 0. The van der Waals surface area contributed by atoms with E-state index in [4.69, 9.17) is 11.6 Å². The zero-order chi connectivity index (χ0) is 20.7. The average molecular weight is 446 g/mol. The molecule has 0 bridgehead atoms. The summed E-state index contributed by atoms with van der Waals surface area (Å²) in [6, 6.07) is 9.59. The van der Waals surface area contributed by atoms with Crippen molar-refractivity contribution in [1.29, 1.82) is 0 Å². The van der Waals surface area contributed by atoms with Gasteiger partial charge >= 0.3 is 5.97 Å². The van der Waals surface area contributed by atoms with Crippen LogP contribution in [0.1, 0.15) is 10.4 Å². The predicted octanol–water partition coefficient (Wildman–Crippen LogP) is 1.39. The van der Waals surface area contributed by atoms with Gasteiger partial charge in [-0.1, -0.05) is 29.8 Å². The second-order valence-corrected chi connectivity index (χ2v) is 10.6. The molecule has 0 radical (unpaired) electrons. The Balaban J connectivity index is 2.21. The van der Waals surface area contributed by atoms with E-state index in [0.29, 0.717) is 0 Å². The van der Waals surface area contributed by atoms with Crippen LogP contribution < -0.4 is 4.31 Å². The Kier molecular flexibility index (Phi) is 5.41. The lowest BCUT2D eigenvalue weighted by Gasteiger charge is -2.31. The molecule has 11 heteroatoms. The van der Waals surface area contributed by atoms with Crippen LogP contribution in [0.4, 0.5) is 5.69 Å². The van der Waals surface area contributed by atoms with Gasteiger partial charge in [0.25, 0.3) is 10.0 Å². The van der Waals surface area contributed by atoms with Crippen molar-refractivity contribution >= 4 is 43.1 Å². The van der Waals surface area contributed by atoms with Crippen molar-refractivity contribution in [3.63, 3.8) is 0 Å². The molecule has 0 aromatic heterocycles. The molecule has 28 heavy (non-hydrogen) atoms. The number of rotatable bonds is 5. The highest BCUT2D eigenvalue weighted by Gasteiger charge is 2.45. The van der Waals surface area contributed by atoms with Gasteiger partial charge in [0, 0.05) is 0 Å². The molecule has 1 aliphatic heterocycles. The number of aliphatic hydroxyl groups is 1. The van der Waals surface area contributed by atoms with Crippen LogP contribution in [-0.2, 0) is 19.9 Å². The zero-order valence-electron chi connectivity index (χ0n) is 14.3. The molecule has 3 rings (SSSR count). The molecule has 0 saturated carbocycles. The van der Waals surface area contributed by atoms with Crippen LogP contribution in [0.5, 0.6) is 0 Å². The van der Waals surface area contributed by atoms with E-state index in [-0.39, 0.29) is 16.3 Å². The number of benzene rings is 2. The number of sulfone groups is 1. The third-order valence-corrected chi connectivity index (χ3v) is 8.35. The Morgan fingerprint density at radius 1 is 1.11 bits per heavy atom. The van der Waals surface area contributed by atoms with E-state index >= 15 is 0 Å². The van der Waals surface area contributed by atoms with E-state index in [9.17, 15) is 31.8 Å². The van der Waals surface area contributed by atoms with Gasteiger partial charge in [0.1, 0.15) is 4.90 Å². The molecule has 0 amide bonds. The summed E-state index contributed by atoms with van der Waals surface area (Å²) in [5.74, 6) is -2.49. The van der Waals surface area contributed by atoms with E-state index in [1.54, 1.807) is 18.2 Å². The first-order valence-electron chi connectivity index (χ1n) is 8.04. The maximum Gasteiger partial charge on any atom is 0.335 e. The highest BCUT2D eigenvalue weighted by atomic mass is 35.5. The highest BCUT2D eigenvalue weighted by Crippen LogP contribution is 2.34. The maximum absolute atomic E-state index is 13.4. The van der Waals surface area contributed by atoms with Crippen molar-refractivity contribution in [3.8, 4) is 0 Å². The van der Waals surface area contributed by atoms with Crippen LogP contribution in [-0.4, -0.2) is 56.7 Å². The number of nitrogens with zero attached hydrogens (tertiary/aromatic N) is 1. The first kappa shape index (κ1) is 20.6. The van der Waals surface area contributed by atoms with Crippen molar-refractivity contribution < 1.29 is 31.8 Å². The number of hydrogen-bond donors (Lipinski definition) is 2. The second kappa shape index (κ2) is 7.36. The number of aliphatic hydroxyl groups excluding tert-OH is 1. The Morgan fingerprint density at radius 3 is 2.29 bits per heavy atom. The fraction of sp³-hybridized carbons (Fsp3) is 0.235. The number of carboxylic acids is 1. The van der Waals surface area contributed by atoms with E-state index in [1.807, 2.05) is 0 Å². The summed E-state index contributed by atoms with van der Waals surface area (Å²) in [7, 11) is -8.15. The van der Waals surface area contributed by atoms with Crippen molar-refractivity contribution in [3.05, 3.63) is 59.1 Å². The third kappa shape index (κ3) is 3.86. The first-order chi connectivity index (χ1) is 13.0. The van der Waals surface area contributed by atoms with Gasteiger partial charge in [-0.15, -0.1) is 0 Å². The number of carboxylic acid groups (broad SMARTS) is 1. The number of para-hydroxylation sites is 1. The normalized spacial score (nSPS) is 21.4. The molecular weight excluding hydrogens is 430 g/mol. The summed E-state index contributed by atoms with van der Waals surface area (Å²) >= 11 is 6.04. The smallest absolute Gasteiger partial charge is 0.335 e. The molecule has 1 fully saturated rings. The maximum atomic E-state index is 13.4. The fourth-order valence-electron chi connectivity index (χ4n) is 3.06. The highest BCUT2D eigenvalue weighted by molar-refractivity contribution is 7.93. The molecule has 150 valence electrons. The van der Waals surface area contributed by atoms with Crippen LogP contribution in [0.3, 0.4) is 0 Å². The van der Waals surface area contributed by atoms with Gasteiger partial charge in [0.05, 0.1) is 39.9 Å². The molecule has 8 nitrogen and oxygen atoms in total. The standard InChI is InChI=1S/C17H16ClNO7S2/c18-13-7-6-11(17(21)22)8-16(13)28(25,26)19(12-4-2-1-3-5-12)14-9-27(23,24)10-15(14)20/h1-8,14-15,20H,9-10H2,(H,21,22)/t14-,15+/m0/s1. The number of anilines is 1. The number of sulfonamides is 1. The third-order valence-electron chi connectivity index (χ3n) is 4.32. The van der Waals surface area contributed by atoms with Crippen LogP contribution >= 0.6 is 11.6 Å². The Bertz CT molecular complexity index is 1120. The molecule has 2 aromatic rings. The zero-order valence-corrected chi connectivity index (χ0v) is 16.7. The minimum absolute atomic E-state index is 0.125. The van der Waals surface area contributed by atoms with E-state index in [0.717, 1.165) is 22.5 Å². The molecule has 0 spiro atoms. The summed E-state index contributed by atoms with van der Waals surface area (Å²) in [6.07, 6.45) is -1.44. The lowest BCUT2D eigenvalue weighted by Crippen LogP contribution is -2.47. The topological polar surface area (TPSA) is 129 Å². The molecule has 2 atom stereocenters. The minimum atomic E-state index is -4.49. The van der Waals surface area contributed by atoms with Gasteiger partial charge in [-0.25, -0.2) is 21.6 Å². The average Bonchev–Trinajstić information content (AvgIpc) is 2.88. The monoisotopic (exact) mass is 445 g/mol. The number of hydrogen-bond acceptors (Lipinski definition) is 6. The molecule has 1 saturated heterocycles. The van der Waals surface area contributed by atoms with Gasteiger partial charge in [0.15, 0.2) is 9.84 Å². The summed E-state index contributed by atoms with van der Waals surface area (Å²) in [4.78, 5) is 10.8. The van der Waals surface area contributed by atoms with Gasteiger partial charge < -0.3 is 10.2 Å². The first-order valence-corrected chi connectivity index (χ1v) is 11.7. The quantitative estimate of drug-likeness (QED) is 0.711. The van der Waals surface area contributed by atoms with Crippen LogP contribution in [0.2, 0.25) is 5.02 Å². The molecule has 0 aliphatic carbocycles. The molecule has 2 aromatic carbocycles. The van der Waals surface area contributed by atoms with Crippen LogP contribution in [0.15, 0.2) is 53.4 Å². The Morgan fingerprint density at radius 2 is 1.75 bits per heavy atom. The van der Waals surface area contributed by atoms with Gasteiger partial charge in [-0.05, 0) is 30.3 Å². The van der Waals surface area contributed by atoms with Crippen molar-refractivity contribution in [2.45, 2.75) is 17.0 Å². The summed E-state index contributed by atoms with van der Waals surface area (Å²) in [5, 5.41) is 19.2. The Labute approximate surface area is 167 Å².